The van der Waals surface area contributed by atoms with Crippen molar-refractivity contribution in [2.45, 2.75) is 42.8 Å². The van der Waals surface area contributed by atoms with Crippen molar-refractivity contribution in [3.05, 3.63) is 18.3 Å². The molecule has 1 aromatic heterocycles. The first-order chi connectivity index (χ1) is 11.0. The van der Waals surface area contributed by atoms with Crippen molar-refractivity contribution < 1.29 is 17.9 Å². The third-order valence-corrected chi connectivity index (χ3v) is 6.42. The molecule has 0 bridgehead atoms. The SMILES string of the molecule is O=S(=O)(c1ccc(N2C[C@@H](F)C[C@H]2CO)nc1)N1CCCCC1. The van der Waals surface area contributed by atoms with Crippen LogP contribution in [0.3, 0.4) is 0 Å². The topological polar surface area (TPSA) is 73.7 Å². The Labute approximate surface area is 136 Å². The van der Waals surface area contributed by atoms with Gasteiger partial charge in [0.1, 0.15) is 16.9 Å². The molecule has 6 nitrogen and oxygen atoms in total. The Kier molecular flexibility index (Phi) is 4.84. The van der Waals surface area contributed by atoms with Crippen LogP contribution in [0, 0.1) is 0 Å². The molecule has 3 heterocycles. The highest BCUT2D eigenvalue weighted by atomic mass is 32.2. The van der Waals surface area contributed by atoms with E-state index in [4.69, 9.17) is 0 Å². The van der Waals surface area contributed by atoms with Gasteiger partial charge in [-0.25, -0.2) is 17.8 Å². The zero-order valence-corrected chi connectivity index (χ0v) is 13.8. The maximum atomic E-state index is 13.5. The lowest BCUT2D eigenvalue weighted by Crippen LogP contribution is -2.36. The van der Waals surface area contributed by atoms with E-state index in [1.54, 1.807) is 11.0 Å². The van der Waals surface area contributed by atoms with Crippen molar-refractivity contribution in [1.29, 1.82) is 0 Å². The summed E-state index contributed by atoms with van der Waals surface area (Å²) in [6, 6.07) is 2.81. The van der Waals surface area contributed by atoms with E-state index >= 15 is 0 Å². The van der Waals surface area contributed by atoms with Gasteiger partial charge in [0.25, 0.3) is 0 Å². The Bertz CT molecular complexity index is 632. The number of pyridine rings is 1. The molecule has 23 heavy (non-hydrogen) atoms. The second kappa shape index (κ2) is 6.70. The first-order valence-electron chi connectivity index (χ1n) is 8.00. The molecule has 128 valence electrons. The number of sulfonamides is 1. The zero-order chi connectivity index (χ0) is 16.4. The van der Waals surface area contributed by atoms with Gasteiger partial charge in [0.2, 0.25) is 10.0 Å². The smallest absolute Gasteiger partial charge is 0.244 e. The van der Waals surface area contributed by atoms with Crippen LogP contribution >= 0.6 is 0 Å². The molecule has 0 aliphatic carbocycles. The highest BCUT2D eigenvalue weighted by molar-refractivity contribution is 7.89. The molecular weight excluding hydrogens is 321 g/mol. The molecule has 0 unspecified atom stereocenters. The van der Waals surface area contributed by atoms with Gasteiger partial charge < -0.3 is 10.0 Å². The molecule has 2 aliphatic rings. The maximum absolute atomic E-state index is 13.5. The fourth-order valence-corrected chi connectivity index (χ4v) is 4.73. The Morgan fingerprint density at radius 3 is 2.61 bits per heavy atom. The number of halogens is 1. The number of hydrogen-bond donors (Lipinski definition) is 1. The molecule has 0 radical (unpaired) electrons. The normalized spacial score (nSPS) is 26.6. The van der Waals surface area contributed by atoms with Gasteiger partial charge in [-0.05, 0) is 25.0 Å². The third kappa shape index (κ3) is 3.34. The van der Waals surface area contributed by atoms with E-state index in [0.29, 0.717) is 18.9 Å². The fraction of sp³-hybridized carbons (Fsp3) is 0.667. The third-order valence-electron chi connectivity index (χ3n) is 4.54. The molecule has 2 fully saturated rings. The lowest BCUT2D eigenvalue weighted by molar-refractivity contribution is 0.255. The summed E-state index contributed by atoms with van der Waals surface area (Å²) in [5.74, 6) is 0.502. The highest BCUT2D eigenvalue weighted by Crippen LogP contribution is 2.27. The fourth-order valence-electron chi connectivity index (χ4n) is 3.26. The minimum Gasteiger partial charge on any atom is -0.394 e. The van der Waals surface area contributed by atoms with E-state index in [-0.39, 0.29) is 30.5 Å². The quantitative estimate of drug-likeness (QED) is 0.888. The minimum absolute atomic E-state index is 0.143. The van der Waals surface area contributed by atoms with Crippen molar-refractivity contribution in [1.82, 2.24) is 9.29 Å². The summed E-state index contributed by atoms with van der Waals surface area (Å²) in [6.07, 6.45) is 3.44. The molecular formula is C15H22FN3O3S. The summed E-state index contributed by atoms with van der Waals surface area (Å²) in [7, 11) is -3.50. The monoisotopic (exact) mass is 343 g/mol. The highest BCUT2D eigenvalue weighted by Gasteiger charge is 2.33. The van der Waals surface area contributed by atoms with Crippen LogP contribution < -0.4 is 4.90 Å². The van der Waals surface area contributed by atoms with Crippen molar-refractivity contribution >= 4 is 15.8 Å². The molecule has 2 saturated heterocycles. The summed E-state index contributed by atoms with van der Waals surface area (Å²) in [4.78, 5) is 6.06. The number of nitrogens with zero attached hydrogens (tertiary/aromatic N) is 3. The largest absolute Gasteiger partial charge is 0.394 e. The number of piperidine rings is 1. The molecule has 2 aliphatic heterocycles. The van der Waals surface area contributed by atoms with Crippen LogP contribution in [0.2, 0.25) is 0 Å². The van der Waals surface area contributed by atoms with E-state index in [9.17, 15) is 17.9 Å². The van der Waals surface area contributed by atoms with Gasteiger partial charge in [0, 0.05) is 25.7 Å². The lowest BCUT2D eigenvalue weighted by atomic mass is 10.2. The van der Waals surface area contributed by atoms with Crippen molar-refractivity contribution in [3.8, 4) is 0 Å². The molecule has 0 amide bonds. The Morgan fingerprint density at radius 1 is 1.26 bits per heavy atom. The van der Waals surface area contributed by atoms with Gasteiger partial charge in [-0.15, -0.1) is 0 Å². The summed E-state index contributed by atoms with van der Waals surface area (Å²) in [5, 5.41) is 9.33. The predicted molar refractivity (Wildman–Crippen MR) is 84.6 cm³/mol. The van der Waals surface area contributed by atoms with Crippen molar-refractivity contribution in [3.63, 3.8) is 0 Å². The summed E-state index contributed by atoms with van der Waals surface area (Å²) in [5.41, 5.74) is 0. The Hall–Kier alpha value is -1.25. The molecule has 8 heteroatoms. The van der Waals surface area contributed by atoms with Gasteiger partial charge in [-0.3, -0.25) is 0 Å². The van der Waals surface area contributed by atoms with E-state index in [2.05, 4.69) is 4.98 Å². The Balaban J connectivity index is 1.79. The maximum Gasteiger partial charge on any atom is 0.244 e. The summed E-state index contributed by atoms with van der Waals surface area (Å²) in [6.45, 7) is 1.13. The molecule has 1 aromatic rings. The van der Waals surface area contributed by atoms with Gasteiger partial charge in [-0.1, -0.05) is 6.42 Å². The summed E-state index contributed by atoms with van der Waals surface area (Å²) < 4.78 is 40.2. The van der Waals surface area contributed by atoms with Crippen LogP contribution in [0.5, 0.6) is 0 Å². The second-order valence-electron chi connectivity index (χ2n) is 6.14. The number of rotatable bonds is 4. The van der Waals surface area contributed by atoms with Crippen LogP contribution in [0.25, 0.3) is 0 Å². The minimum atomic E-state index is -3.50. The van der Waals surface area contributed by atoms with Crippen LogP contribution in [0.4, 0.5) is 10.2 Å². The van der Waals surface area contributed by atoms with Gasteiger partial charge >= 0.3 is 0 Å². The van der Waals surface area contributed by atoms with E-state index in [1.807, 2.05) is 0 Å². The number of hydrogen-bond acceptors (Lipinski definition) is 5. The predicted octanol–water partition coefficient (Wildman–Crippen LogP) is 1.17. The number of aliphatic hydroxyl groups excluding tert-OH is 1. The summed E-state index contributed by atoms with van der Waals surface area (Å²) >= 11 is 0. The van der Waals surface area contributed by atoms with Crippen LogP contribution in [0.1, 0.15) is 25.7 Å². The van der Waals surface area contributed by atoms with Crippen LogP contribution in [0.15, 0.2) is 23.2 Å². The van der Waals surface area contributed by atoms with E-state index in [0.717, 1.165) is 19.3 Å². The van der Waals surface area contributed by atoms with E-state index < -0.39 is 16.2 Å². The molecule has 0 saturated carbocycles. The number of aromatic nitrogens is 1. The second-order valence-corrected chi connectivity index (χ2v) is 8.08. The molecule has 1 N–H and O–H groups in total. The van der Waals surface area contributed by atoms with Crippen molar-refractivity contribution in [2.75, 3.05) is 31.1 Å². The van der Waals surface area contributed by atoms with E-state index in [1.165, 1.54) is 16.6 Å². The average molecular weight is 343 g/mol. The molecule has 3 rings (SSSR count). The van der Waals surface area contributed by atoms with Gasteiger partial charge in [-0.2, -0.15) is 4.31 Å². The number of aliphatic hydroxyl groups is 1. The van der Waals surface area contributed by atoms with Gasteiger partial charge in [0.15, 0.2) is 0 Å². The molecule has 0 spiro atoms. The number of anilines is 1. The Morgan fingerprint density at radius 2 is 2.00 bits per heavy atom. The standard InChI is InChI=1S/C15H22FN3O3S/c16-12-8-13(11-20)19(10-12)15-5-4-14(9-17-15)23(21,22)18-6-2-1-3-7-18/h4-5,9,12-13,20H,1-3,6-8,10-11H2/t12-,13-/m0/s1. The first-order valence-corrected chi connectivity index (χ1v) is 9.44. The van der Waals surface area contributed by atoms with Crippen LogP contribution in [-0.4, -0.2) is 61.3 Å². The molecule has 0 aromatic carbocycles. The molecule has 2 atom stereocenters. The number of alkyl halides is 1. The van der Waals surface area contributed by atoms with Crippen molar-refractivity contribution in [2.24, 2.45) is 0 Å². The first kappa shape index (κ1) is 16.6. The lowest BCUT2D eigenvalue weighted by Gasteiger charge is -2.26. The zero-order valence-electron chi connectivity index (χ0n) is 12.9. The van der Waals surface area contributed by atoms with Gasteiger partial charge in [0.05, 0.1) is 19.2 Å². The van der Waals surface area contributed by atoms with Crippen LogP contribution in [-0.2, 0) is 10.0 Å². The average Bonchev–Trinajstić information content (AvgIpc) is 2.97.